The van der Waals surface area contributed by atoms with Gasteiger partial charge in [0.05, 0.1) is 5.69 Å². The number of fused-ring (bicyclic) bond motifs is 1. The Kier molecular flexibility index (Phi) is 7.04. The van der Waals surface area contributed by atoms with Crippen LogP contribution in [-0.4, -0.2) is 23.3 Å². The van der Waals surface area contributed by atoms with Crippen molar-refractivity contribution in [2.24, 2.45) is 0 Å². The van der Waals surface area contributed by atoms with Crippen molar-refractivity contribution in [2.75, 3.05) is 18.4 Å². The van der Waals surface area contributed by atoms with Crippen LogP contribution in [0.25, 0.3) is 0 Å². The molecule has 0 saturated heterocycles. The molecule has 6 heteroatoms. The van der Waals surface area contributed by atoms with Gasteiger partial charge in [-0.05, 0) is 18.6 Å². The molecule has 0 saturated carbocycles. The maximum atomic E-state index is 4.19. The van der Waals surface area contributed by atoms with Gasteiger partial charge in [0, 0.05) is 26.1 Å². The Hall–Kier alpha value is -0.200. The molecule has 15 heavy (non-hydrogen) atoms. The summed E-state index contributed by atoms with van der Waals surface area (Å²) in [5.74, 6) is 0.880. The van der Waals surface area contributed by atoms with E-state index in [-0.39, 0.29) is 34.0 Å². The van der Waals surface area contributed by atoms with E-state index >= 15 is 0 Å². The molecule has 4 nitrogen and oxygen atoms in total. The molecule has 2 rings (SSSR count). The van der Waals surface area contributed by atoms with E-state index in [2.05, 4.69) is 33.8 Å². The van der Waals surface area contributed by atoms with Gasteiger partial charge in [0.25, 0.3) is 0 Å². The Labute approximate surface area is 111 Å². The first kappa shape index (κ1) is 14.8. The lowest BCUT2D eigenvalue weighted by atomic mass is 10.1. The van der Waals surface area contributed by atoms with E-state index in [9.17, 15) is 0 Å². The molecule has 0 aliphatic carbocycles. The summed E-state index contributed by atoms with van der Waals surface area (Å²) in [7, 11) is 0. The van der Waals surface area contributed by atoms with E-state index in [1.54, 1.807) is 0 Å². The van der Waals surface area contributed by atoms with Gasteiger partial charge in [0.15, 0.2) is 0 Å². The van der Waals surface area contributed by atoms with Crippen molar-refractivity contribution in [3.05, 3.63) is 17.3 Å². The molecule has 0 aromatic carbocycles. The molecule has 0 bridgehead atoms. The largest absolute Gasteiger partial charge is 0.369 e. The molecule has 0 amide bonds. The van der Waals surface area contributed by atoms with Crippen molar-refractivity contribution in [3.8, 4) is 0 Å². The number of nitrogens with one attached hydrogen (secondary N) is 2. The minimum absolute atomic E-state index is 0. The highest BCUT2D eigenvalue weighted by Gasteiger charge is 2.10. The van der Waals surface area contributed by atoms with Gasteiger partial charge in [-0.2, -0.15) is 5.10 Å². The molecule has 1 aliphatic rings. The highest BCUT2D eigenvalue weighted by atomic mass is 79.9. The van der Waals surface area contributed by atoms with Crippen LogP contribution in [-0.2, 0) is 13.0 Å². The van der Waals surface area contributed by atoms with Crippen LogP contribution in [0, 0.1) is 0 Å². The van der Waals surface area contributed by atoms with Gasteiger partial charge in [-0.15, -0.1) is 39.1 Å². The van der Waals surface area contributed by atoms with Gasteiger partial charge in [-0.25, -0.2) is 0 Å². The SMILES string of the molecule is Br.Br.CCNc1cc2c(nn1)CCNC2. The molecular weight excluding hydrogens is 324 g/mol. The molecule has 86 valence electrons. The lowest BCUT2D eigenvalue weighted by Gasteiger charge is -2.15. The smallest absolute Gasteiger partial charge is 0.148 e. The van der Waals surface area contributed by atoms with E-state index in [4.69, 9.17) is 0 Å². The summed E-state index contributed by atoms with van der Waals surface area (Å²) >= 11 is 0. The van der Waals surface area contributed by atoms with Gasteiger partial charge in [0.1, 0.15) is 5.82 Å². The second-order valence-corrected chi connectivity index (χ2v) is 3.16. The summed E-state index contributed by atoms with van der Waals surface area (Å²) in [5, 5.41) is 14.7. The fourth-order valence-corrected chi connectivity index (χ4v) is 1.52. The summed E-state index contributed by atoms with van der Waals surface area (Å²) < 4.78 is 0. The van der Waals surface area contributed by atoms with Crippen molar-refractivity contribution >= 4 is 39.8 Å². The highest BCUT2D eigenvalue weighted by Crippen LogP contribution is 2.13. The average molecular weight is 340 g/mol. The summed E-state index contributed by atoms with van der Waals surface area (Å²) in [6.07, 6.45) is 0.995. The average Bonchev–Trinajstić information content (AvgIpc) is 2.18. The molecule has 0 atom stereocenters. The van der Waals surface area contributed by atoms with Crippen LogP contribution >= 0.6 is 34.0 Å². The molecule has 1 aromatic rings. The maximum Gasteiger partial charge on any atom is 0.148 e. The van der Waals surface area contributed by atoms with Crippen LogP contribution in [0.1, 0.15) is 18.2 Å². The Morgan fingerprint density at radius 2 is 2.20 bits per heavy atom. The molecule has 0 radical (unpaired) electrons. The predicted molar refractivity (Wildman–Crippen MR) is 72.3 cm³/mol. The monoisotopic (exact) mass is 338 g/mol. The zero-order valence-electron chi connectivity index (χ0n) is 8.62. The van der Waals surface area contributed by atoms with Crippen molar-refractivity contribution in [1.82, 2.24) is 15.5 Å². The molecule has 2 N–H and O–H groups in total. The number of anilines is 1. The van der Waals surface area contributed by atoms with Crippen molar-refractivity contribution in [2.45, 2.75) is 19.9 Å². The van der Waals surface area contributed by atoms with Crippen LogP contribution in [0.2, 0.25) is 0 Å². The Morgan fingerprint density at radius 3 is 2.93 bits per heavy atom. The van der Waals surface area contributed by atoms with Crippen molar-refractivity contribution in [1.29, 1.82) is 0 Å². The van der Waals surface area contributed by atoms with Gasteiger partial charge in [0.2, 0.25) is 0 Å². The second kappa shape index (κ2) is 7.14. The highest BCUT2D eigenvalue weighted by molar-refractivity contribution is 8.93. The molecule has 1 aliphatic heterocycles. The van der Waals surface area contributed by atoms with Gasteiger partial charge < -0.3 is 10.6 Å². The summed E-state index contributed by atoms with van der Waals surface area (Å²) in [5.41, 5.74) is 2.41. The number of nitrogens with zero attached hydrogens (tertiary/aromatic N) is 2. The number of rotatable bonds is 2. The number of halogens is 2. The Morgan fingerprint density at radius 1 is 1.40 bits per heavy atom. The maximum absolute atomic E-state index is 4.19. The van der Waals surface area contributed by atoms with E-state index in [1.807, 2.05) is 0 Å². The van der Waals surface area contributed by atoms with E-state index in [0.29, 0.717) is 0 Å². The fourth-order valence-electron chi connectivity index (χ4n) is 1.52. The van der Waals surface area contributed by atoms with Crippen molar-refractivity contribution in [3.63, 3.8) is 0 Å². The standard InChI is InChI=1S/C9H14N4.2BrH/c1-2-11-9-5-7-6-10-4-3-8(7)12-13-9;;/h5,10H,2-4,6H2,1H3,(H,11,13);2*1H. The second-order valence-electron chi connectivity index (χ2n) is 3.16. The zero-order chi connectivity index (χ0) is 9.10. The zero-order valence-corrected chi connectivity index (χ0v) is 12.0. The minimum atomic E-state index is 0. The van der Waals surface area contributed by atoms with Crippen LogP contribution in [0.15, 0.2) is 6.07 Å². The lowest BCUT2D eigenvalue weighted by Crippen LogP contribution is -2.25. The first-order chi connectivity index (χ1) is 6.40. The normalized spacial score (nSPS) is 13.1. The number of hydrogen-bond acceptors (Lipinski definition) is 4. The first-order valence-electron chi connectivity index (χ1n) is 4.70. The number of aromatic nitrogens is 2. The summed E-state index contributed by atoms with van der Waals surface area (Å²) in [6, 6.07) is 2.08. The molecular formula is C9H16Br2N4. The number of hydrogen-bond donors (Lipinski definition) is 2. The molecule has 1 aromatic heterocycles. The van der Waals surface area contributed by atoms with Gasteiger partial charge in [-0.1, -0.05) is 0 Å². The molecule has 0 spiro atoms. The lowest BCUT2D eigenvalue weighted by molar-refractivity contribution is 0.621. The van der Waals surface area contributed by atoms with Crippen LogP contribution in [0.3, 0.4) is 0 Å². The molecule has 0 fully saturated rings. The minimum Gasteiger partial charge on any atom is -0.369 e. The van der Waals surface area contributed by atoms with Crippen LogP contribution in [0.4, 0.5) is 5.82 Å². The van der Waals surface area contributed by atoms with E-state index < -0.39 is 0 Å². The van der Waals surface area contributed by atoms with Crippen LogP contribution in [0.5, 0.6) is 0 Å². The van der Waals surface area contributed by atoms with Crippen molar-refractivity contribution < 1.29 is 0 Å². The summed E-state index contributed by atoms with van der Waals surface area (Å²) in [4.78, 5) is 0. The topological polar surface area (TPSA) is 49.8 Å². The van der Waals surface area contributed by atoms with Crippen LogP contribution < -0.4 is 10.6 Å². The predicted octanol–water partition coefficient (Wildman–Crippen LogP) is 1.71. The Balaban J connectivity index is 0.000000980. The third-order valence-corrected chi connectivity index (χ3v) is 2.17. The van der Waals surface area contributed by atoms with E-state index in [0.717, 1.165) is 37.6 Å². The molecule has 2 heterocycles. The quantitative estimate of drug-likeness (QED) is 0.861. The van der Waals surface area contributed by atoms with Gasteiger partial charge in [-0.3, -0.25) is 0 Å². The first-order valence-corrected chi connectivity index (χ1v) is 4.70. The third-order valence-electron chi connectivity index (χ3n) is 2.17. The van der Waals surface area contributed by atoms with Gasteiger partial charge >= 0.3 is 0 Å². The van der Waals surface area contributed by atoms with E-state index in [1.165, 1.54) is 5.56 Å². The fraction of sp³-hybridized carbons (Fsp3) is 0.556. The third kappa shape index (κ3) is 3.70. The Bertz CT molecular complexity index is 306. The summed E-state index contributed by atoms with van der Waals surface area (Å²) in [6.45, 7) is 4.88. The molecule has 0 unspecified atom stereocenters.